The number of anilines is 1. The molecule has 0 aliphatic carbocycles. The van der Waals surface area contributed by atoms with Crippen LogP contribution in [0.25, 0.3) is 0 Å². The van der Waals surface area contributed by atoms with Gasteiger partial charge in [0, 0.05) is 56.1 Å². The SMILES string of the molecule is N#Cc1ccc(Cn2cncc2CC(=O)[C@@H](CN)CN(Cc2ccccc2C(F)(F)F)C(=S)Nc2ccc(F)cc2)cc1. The first-order valence-corrected chi connectivity index (χ1v) is 13.7. The molecular weight excluding hydrogens is 580 g/mol. The number of ketones is 1. The predicted octanol–water partition coefficient (Wildman–Crippen LogP) is 5.55. The number of imidazole rings is 1. The van der Waals surface area contributed by atoms with Gasteiger partial charge in [-0.05, 0) is 65.8 Å². The van der Waals surface area contributed by atoms with Gasteiger partial charge in [0.1, 0.15) is 11.6 Å². The Hall–Kier alpha value is -4.60. The van der Waals surface area contributed by atoms with Gasteiger partial charge in [0.05, 0.1) is 23.5 Å². The lowest BCUT2D eigenvalue weighted by molar-refractivity contribution is -0.138. The zero-order valence-corrected chi connectivity index (χ0v) is 23.7. The Morgan fingerprint density at radius 1 is 1.09 bits per heavy atom. The molecular formula is C31H28F4N6OS. The number of benzene rings is 3. The van der Waals surface area contributed by atoms with Crippen molar-refractivity contribution < 1.29 is 22.4 Å². The average molecular weight is 609 g/mol. The Morgan fingerprint density at radius 2 is 1.79 bits per heavy atom. The zero-order valence-electron chi connectivity index (χ0n) is 22.9. The van der Waals surface area contributed by atoms with E-state index in [2.05, 4.69) is 16.4 Å². The summed E-state index contributed by atoms with van der Waals surface area (Å²) in [6.45, 7) is 0.0498. The van der Waals surface area contributed by atoms with Gasteiger partial charge < -0.3 is 20.5 Å². The third-order valence-corrected chi connectivity index (χ3v) is 7.20. The number of carbonyl (C=O) groups excluding carboxylic acids is 1. The number of nitrogens with two attached hydrogens (primary N) is 1. The standard InChI is InChI=1S/C31H28F4N6OS/c32-25-9-11-26(12-10-25)39-30(43)40(18-23-3-1-2-4-28(23)31(33,34)35)19-24(15-37)29(42)13-27-16-38-20-41(27)17-22-7-5-21(14-36)6-8-22/h1-12,16,20,24H,13,15,17-19,37H2,(H,39,43)/t24-/m0/s1. The smallest absolute Gasteiger partial charge is 0.344 e. The van der Waals surface area contributed by atoms with Gasteiger partial charge in [-0.2, -0.15) is 18.4 Å². The summed E-state index contributed by atoms with van der Waals surface area (Å²) in [6.07, 6.45) is -1.43. The summed E-state index contributed by atoms with van der Waals surface area (Å²) < 4.78 is 56.6. The molecule has 4 aromatic rings. The van der Waals surface area contributed by atoms with Crippen LogP contribution in [0.1, 0.15) is 27.9 Å². The maximum absolute atomic E-state index is 13.8. The molecule has 222 valence electrons. The fourth-order valence-corrected chi connectivity index (χ4v) is 4.77. The van der Waals surface area contributed by atoms with E-state index < -0.39 is 23.5 Å². The number of Topliss-reactive ketones (excluding diaryl/α,β-unsaturated/α-hetero) is 1. The molecule has 4 rings (SSSR count). The minimum Gasteiger partial charge on any atom is -0.344 e. The quantitative estimate of drug-likeness (QED) is 0.170. The van der Waals surface area contributed by atoms with E-state index in [0.29, 0.717) is 23.5 Å². The maximum atomic E-state index is 13.8. The summed E-state index contributed by atoms with van der Waals surface area (Å²) in [5.41, 5.74) is 7.69. The molecule has 0 radical (unpaired) electrons. The van der Waals surface area contributed by atoms with Crippen LogP contribution in [0, 0.1) is 23.1 Å². The number of carbonyl (C=O) groups is 1. The molecule has 0 amide bonds. The van der Waals surface area contributed by atoms with E-state index in [1.165, 1.54) is 47.4 Å². The predicted molar refractivity (Wildman–Crippen MR) is 158 cm³/mol. The first-order chi connectivity index (χ1) is 20.6. The van der Waals surface area contributed by atoms with Gasteiger partial charge in [0.25, 0.3) is 0 Å². The molecule has 1 atom stereocenters. The van der Waals surface area contributed by atoms with Crippen LogP contribution in [0.5, 0.6) is 0 Å². The van der Waals surface area contributed by atoms with E-state index >= 15 is 0 Å². The van der Waals surface area contributed by atoms with Crippen LogP contribution < -0.4 is 11.1 Å². The second-order valence-electron chi connectivity index (χ2n) is 9.87. The Labute approximate surface area is 251 Å². The molecule has 0 aliphatic heterocycles. The molecule has 7 nitrogen and oxygen atoms in total. The van der Waals surface area contributed by atoms with E-state index in [0.717, 1.165) is 11.6 Å². The highest BCUT2D eigenvalue weighted by atomic mass is 32.1. The highest BCUT2D eigenvalue weighted by Crippen LogP contribution is 2.32. The molecule has 3 N–H and O–H groups in total. The second-order valence-corrected chi connectivity index (χ2v) is 10.3. The lowest BCUT2D eigenvalue weighted by Crippen LogP contribution is -2.43. The van der Waals surface area contributed by atoms with Crippen molar-refractivity contribution in [3.8, 4) is 6.07 Å². The number of hydrogen-bond acceptors (Lipinski definition) is 5. The zero-order chi connectivity index (χ0) is 31.0. The first kappa shape index (κ1) is 31.3. The fraction of sp³-hybridized carbons (Fsp3) is 0.226. The summed E-state index contributed by atoms with van der Waals surface area (Å²) in [5, 5.41) is 12.0. The number of rotatable bonds is 11. The molecule has 0 bridgehead atoms. The highest BCUT2D eigenvalue weighted by molar-refractivity contribution is 7.80. The molecule has 1 heterocycles. The van der Waals surface area contributed by atoms with Crippen LogP contribution >= 0.6 is 12.2 Å². The topological polar surface area (TPSA) is 100.0 Å². The molecule has 3 aromatic carbocycles. The Bertz CT molecular complexity index is 1600. The molecule has 0 saturated carbocycles. The van der Waals surface area contributed by atoms with Crippen LogP contribution in [0.2, 0.25) is 0 Å². The number of nitrogens with zero attached hydrogens (tertiary/aromatic N) is 4. The van der Waals surface area contributed by atoms with Crippen LogP contribution in [-0.2, 0) is 30.5 Å². The lowest BCUT2D eigenvalue weighted by atomic mass is 9.99. The van der Waals surface area contributed by atoms with Gasteiger partial charge in [0.15, 0.2) is 5.11 Å². The van der Waals surface area contributed by atoms with E-state index in [4.69, 9.17) is 23.2 Å². The number of halogens is 4. The van der Waals surface area contributed by atoms with Crippen LogP contribution in [0.3, 0.4) is 0 Å². The number of alkyl halides is 3. The molecule has 1 aromatic heterocycles. The normalized spacial score (nSPS) is 11.9. The summed E-state index contributed by atoms with van der Waals surface area (Å²) in [4.78, 5) is 19.1. The van der Waals surface area contributed by atoms with Gasteiger partial charge in [-0.25, -0.2) is 9.37 Å². The van der Waals surface area contributed by atoms with Crippen molar-refractivity contribution in [2.75, 3.05) is 18.4 Å². The fourth-order valence-electron chi connectivity index (χ4n) is 4.51. The third-order valence-electron chi connectivity index (χ3n) is 6.84. The van der Waals surface area contributed by atoms with Crippen molar-refractivity contribution in [1.29, 1.82) is 5.26 Å². The van der Waals surface area contributed by atoms with Crippen molar-refractivity contribution in [3.05, 3.63) is 119 Å². The Balaban J connectivity index is 1.54. The maximum Gasteiger partial charge on any atom is 0.416 e. The monoisotopic (exact) mass is 608 g/mol. The molecule has 0 saturated heterocycles. The molecule has 0 spiro atoms. The third kappa shape index (κ3) is 8.47. The number of aromatic nitrogens is 2. The number of thiocarbonyl (C=S) groups is 1. The van der Waals surface area contributed by atoms with E-state index in [1.54, 1.807) is 24.7 Å². The average Bonchev–Trinajstić information content (AvgIpc) is 3.42. The van der Waals surface area contributed by atoms with Gasteiger partial charge in [0.2, 0.25) is 0 Å². The van der Waals surface area contributed by atoms with Crippen molar-refractivity contribution in [3.63, 3.8) is 0 Å². The van der Waals surface area contributed by atoms with Crippen LogP contribution in [0.4, 0.5) is 23.2 Å². The minimum absolute atomic E-state index is 0.0106. The Kier molecular flexibility index (Phi) is 10.2. The first-order valence-electron chi connectivity index (χ1n) is 13.2. The van der Waals surface area contributed by atoms with Crippen molar-refractivity contribution in [2.24, 2.45) is 11.7 Å². The Morgan fingerprint density at radius 3 is 2.44 bits per heavy atom. The van der Waals surface area contributed by atoms with Crippen molar-refractivity contribution >= 4 is 28.8 Å². The number of nitriles is 1. The van der Waals surface area contributed by atoms with Crippen LogP contribution in [0.15, 0.2) is 85.3 Å². The van der Waals surface area contributed by atoms with Gasteiger partial charge in [-0.1, -0.05) is 30.3 Å². The summed E-state index contributed by atoms with van der Waals surface area (Å²) in [6, 6.07) is 19.6. The van der Waals surface area contributed by atoms with Crippen LogP contribution in [-0.4, -0.2) is 38.4 Å². The lowest BCUT2D eigenvalue weighted by Gasteiger charge is -2.30. The van der Waals surface area contributed by atoms with E-state index in [9.17, 15) is 22.4 Å². The van der Waals surface area contributed by atoms with E-state index in [-0.39, 0.29) is 42.5 Å². The molecule has 0 unspecified atom stereocenters. The van der Waals surface area contributed by atoms with Crippen molar-refractivity contribution in [1.82, 2.24) is 14.5 Å². The number of nitrogens with one attached hydrogen (secondary N) is 1. The summed E-state index contributed by atoms with van der Waals surface area (Å²) in [5.74, 6) is -1.47. The second kappa shape index (κ2) is 14.0. The largest absolute Gasteiger partial charge is 0.416 e. The molecule has 12 heteroatoms. The van der Waals surface area contributed by atoms with Gasteiger partial charge in [-0.15, -0.1) is 0 Å². The van der Waals surface area contributed by atoms with Gasteiger partial charge >= 0.3 is 6.18 Å². The minimum atomic E-state index is -4.59. The molecule has 0 fully saturated rings. The summed E-state index contributed by atoms with van der Waals surface area (Å²) in [7, 11) is 0. The molecule has 43 heavy (non-hydrogen) atoms. The number of hydrogen-bond donors (Lipinski definition) is 2. The van der Waals surface area contributed by atoms with Gasteiger partial charge in [-0.3, -0.25) is 4.79 Å². The highest BCUT2D eigenvalue weighted by Gasteiger charge is 2.34. The van der Waals surface area contributed by atoms with E-state index in [1.807, 2.05) is 16.7 Å². The summed E-state index contributed by atoms with van der Waals surface area (Å²) >= 11 is 5.56. The van der Waals surface area contributed by atoms with Crippen molar-refractivity contribution in [2.45, 2.75) is 25.7 Å². The molecule has 0 aliphatic rings.